The third-order valence-electron chi connectivity index (χ3n) is 6.23. The lowest BCUT2D eigenvalue weighted by atomic mass is 9.95. The maximum atomic E-state index is 13.3. The minimum Gasteiger partial charge on any atom is -0.336 e. The molecule has 0 saturated carbocycles. The van der Waals surface area contributed by atoms with Crippen molar-refractivity contribution in [1.29, 1.82) is 0 Å². The van der Waals surface area contributed by atoms with Crippen molar-refractivity contribution in [3.63, 3.8) is 0 Å². The van der Waals surface area contributed by atoms with Gasteiger partial charge in [0.1, 0.15) is 5.82 Å². The van der Waals surface area contributed by atoms with Crippen molar-refractivity contribution in [3.05, 3.63) is 27.4 Å². The standard InChI is InChI=1S/C18H26N4O4S/c1-11-19-16-10-14-4-3-13(9-15(16)17(23)20-11)22(14)18(24)12-5-7-21(8-6-12)27(2,25)26/h12-14H,3-10H2,1-2H3,(H,19,20,23)/t13-,14-/m1/s1. The molecule has 3 aliphatic rings. The van der Waals surface area contributed by atoms with Crippen LogP contribution in [0.2, 0.25) is 0 Å². The van der Waals surface area contributed by atoms with Crippen LogP contribution < -0.4 is 5.56 Å². The molecule has 3 aliphatic heterocycles. The van der Waals surface area contributed by atoms with E-state index in [2.05, 4.69) is 9.97 Å². The van der Waals surface area contributed by atoms with Crippen molar-refractivity contribution < 1.29 is 13.2 Å². The molecule has 0 spiro atoms. The highest BCUT2D eigenvalue weighted by molar-refractivity contribution is 7.88. The van der Waals surface area contributed by atoms with Crippen molar-refractivity contribution in [2.24, 2.45) is 5.92 Å². The van der Waals surface area contributed by atoms with Gasteiger partial charge in [0.2, 0.25) is 15.9 Å². The van der Waals surface area contributed by atoms with Gasteiger partial charge in [-0.05, 0) is 32.6 Å². The molecule has 0 unspecified atom stereocenters. The predicted molar refractivity (Wildman–Crippen MR) is 99.8 cm³/mol. The summed E-state index contributed by atoms with van der Waals surface area (Å²) < 4.78 is 24.9. The summed E-state index contributed by atoms with van der Waals surface area (Å²) in [5, 5.41) is 0. The van der Waals surface area contributed by atoms with E-state index >= 15 is 0 Å². The first kappa shape index (κ1) is 18.6. The summed E-state index contributed by atoms with van der Waals surface area (Å²) >= 11 is 0. The summed E-state index contributed by atoms with van der Waals surface area (Å²) in [7, 11) is -3.20. The molecule has 2 saturated heterocycles. The van der Waals surface area contributed by atoms with Crippen LogP contribution in [-0.4, -0.2) is 64.9 Å². The molecule has 27 heavy (non-hydrogen) atoms. The Morgan fingerprint density at radius 3 is 2.37 bits per heavy atom. The fourth-order valence-corrected chi connectivity index (χ4v) is 5.75. The Hall–Kier alpha value is -1.74. The number of nitrogens with zero attached hydrogens (tertiary/aromatic N) is 3. The quantitative estimate of drug-likeness (QED) is 0.772. The Kier molecular flexibility index (Phi) is 4.62. The summed E-state index contributed by atoms with van der Waals surface area (Å²) in [5.41, 5.74) is 1.46. The molecule has 0 radical (unpaired) electrons. The Labute approximate surface area is 159 Å². The number of carbonyl (C=O) groups is 1. The number of hydrogen-bond acceptors (Lipinski definition) is 5. The number of sulfonamides is 1. The summed E-state index contributed by atoms with van der Waals surface area (Å²) in [5.74, 6) is 0.597. The summed E-state index contributed by atoms with van der Waals surface area (Å²) in [6.07, 6.45) is 5.37. The van der Waals surface area contributed by atoms with E-state index < -0.39 is 10.0 Å². The van der Waals surface area contributed by atoms with Crippen molar-refractivity contribution in [2.75, 3.05) is 19.3 Å². The number of rotatable bonds is 2. The second kappa shape index (κ2) is 6.70. The lowest BCUT2D eigenvalue weighted by molar-refractivity contribution is -0.139. The van der Waals surface area contributed by atoms with Gasteiger partial charge in [-0.25, -0.2) is 17.7 Å². The van der Waals surface area contributed by atoms with Crippen LogP contribution in [0.25, 0.3) is 0 Å². The summed E-state index contributed by atoms with van der Waals surface area (Å²) in [6.45, 7) is 2.58. The number of aromatic nitrogens is 2. The van der Waals surface area contributed by atoms with Crippen LogP contribution in [0, 0.1) is 12.8 Å². The Morgan fingerprint density at radius 1 is 1.11 bits per heavy atom. The predicted octanol–water partition coefficient (Wildman–Crippen LogP) is 0.208. The van der Waals surface area contributed by atoms with Crippen molar-refractivity contribution in [3.8, 4) is 0 Å². The summed E-state index contributed by atoms with van der Waals surface area (Å²) in [6, 6.07) is 0.132. The van der Waals surface area contributed by atoms with Gasteiger partial charge < -0.3 is 9.88 Å². The van der Waals surface area contributed by atoms with E-state index in [4.69, 9.17) is 0 Å². The van der Waals surface area contributed by atoms with Crippen LogP contribution in [0.4, 0.5) is 0 Å². The fraction of sp³-hybridized carbons (Fsp3) is 0.722. The van der Waals surface area contributed by atoms with Crippen LogP contribution in [0.5, 0.6) is 0 Å². The van der Waals surface area contributed by atoms with Crippen molar-refractivity contribution in [2.45, 2.75) is 57.5 Å². The average Bonchev–Trinajstić information content (AvgIpc) is 2.89. The number of amides is 1. The van der Waals surface area contributed by atoms with E-state index in [0.29, 0.717) is 44.6 Å². The Morgan fingerprint density at radius 2 is 1.74 bits per heavy atom. The molecule has 148 valence electrons. The van der Waals surface area contributed by atoms with Gasteiger partial charge in [0, 0.05) is 49.5 Å². The monoisotopic (exact) mass is 394 g/mol. The number of fused-ring (bicyclic) bond motifs is 3. The maximum Gasteiger partial charge on any atom is 0.254 e. The highest BCUT2D eigenvalue weighted by Crippen LogP contribution is 2.35. The zero-order chi connectivity index (χ0) is 19.3. The SMILES string of the molecule is Cc1nc2c(c(=O)[nH]1)C[C@H]1CC[C@H](C2)N1C(=O)C1CCN(S(C)(=O)=O)CC1. The molecular formula is C18H26N4O4S. The van der Waals surface area contributed by atoms with E-state index in [1.165, 1.54) is 10.6 Å². The zero-order valence-electron chi connectivity index (χ0n) is 15.8. The topological polar surface area (TPSA) is 103 Å². The molecule has 4 heterocycles. The first-order valence-corrected chi connectivity index (χ1v) is 11.4. The number of carbonyl (C=O) groups excluding carboxylic acids is 1. The number of aryl methyl sites for hydroxylation is 1. The van der Waals surface area contributed by atoms with Gasteiger partial charge in [-0.1, -0.05) is 0 Å². The van der Waals surface area contributed by atoms with Gasteiger partial charge in [-0.15, -0.1) is 0 Å². The third kappa shape index (κ3) is 3.42. The number of aromatic amines is 1. The van der Waals surface area contributed by atoms with Gasteiger partial charge >= 0.3 is 0 Å². The highest BCUT2D eigenvalue weighted by atomic mass is 32.2. The van der Waals surface area contributed by atoms with E-state index in [1.54, 1.807) is 6.92 Å². The molecule has 8 nitrogen and oxygen atoms in total. The van der Waals surface area contributed by atoms with Gasteiger partial charge in [0.05, 0.1) is 11.9 Å². The number of piperidine rings is 1. The molecule has 4 rings (SSSR count). The zero-order valence-corrected chi connectivity index (χ0v) is 16.6. The van der Waals surface area contributed by atoms with E-state index in [0.717, 1.165) is 24.1 Å². The van der Waals surface area contributed by atoms with Gasteiger partial charge in [0.25, 0.3) is 5.56 Å². The van der Waals surface area contributed by atoms with Crippen LogP contribution in [0.3, 0.4) is 0 Å². The highest BCUT2D eigenvalue weighted by Gasteiger charge is 2.43. The molecule has 2 fully saturated rings. The normalized spacial score (nSPS) is 26.7. The number of hydrogen-bond donors (Lipinski definition) is 1. The van der Waals surface area contributed by atoms with Crippen LogP contribution in [0.15, 0.2) is 4.79 Å². The Bertz CT molecular complexity index is 918. The minimum absolute atomic E-state index is 0.0438. The third-order valence-corrected chi connectivity index (χ3v) is 7.54. The molecule has 2 bridgehead atoms. The first-order chi connectivity index (χ1) is 12.7. The van der Waals surface area contributed by atoms with E-state index in [9.17, 15) is 18.0 Å². The molecule has 1 aromatic heterocycles. The smallest absolute Gasteiger partial charge is 0.254 e. The fourth-order valence-electron chi connectivity index (χ4n) is 4.87. The van der Waals surface area contributed by atoms with Gasteiger partial charge in [0.15, 0.2) is 0 Å². The second-order valence-electron chi connectivity index (χ2n) is 8.05. The Balaban J connectivity index is 1.53. The molecule has 1 amide bonds. The van der Waals surface area contributed by atoms with E-state index in [1.807, 2.05) is 4.90 Å². The van der Waals surface area contributed by atoms with Crippen molar-refractivity contribution in [1.82, 2.24) is 19.2 Å². The average molecular weight is 394 g/mol. The van der Waals surface area contributed by atoms with Crippen molar-refractivity contribution >= 4 is 15.9 Å². The number of H-pyrrole nitrogens is 1. The van der Waals surface area contributed by atoms with Gasteiger partial charge in [-0.3, -0.25) is 9.59 Å². The van der Waals surface area contributed by atoms with Crippen LogP contribution >= 0.6 is 0 Å². The molecule has 9 heteroatoms. The molecule has 0 aromatic carbocycles. The first-order valence-electron chi connectivity index (χ1n) is 9.60. The summed E-state index contributed by atoms with van der Waals surface area (Å²) in [4.78, 5) is 34.9. The minimum atomic E-state index is -3.20. The van der Waals surface area contributed by atoms with Crippen LogP contribution in [0.1, 0.15) is 42.8 Å². The molecule has 1 aromatic rings. The maximum absolute atomic E-state index is 13.3. The molecule has 0 aliphatic carbocycles. The van der Waals surface area contributed by atoms with E-state index in [-0.39, 0.29) is 29.5 Å². The largest absolute Gasteiger partial charge is 0.336 e. The number of nitrogens with one attached hydrogen (secondary N) is 1. The lowest BCUT2D eigenvalue weighted by Crippen LogP contribution is -2.48. The lowest BCUT2D eigenvalue weighted by Gasteiger charge is -2.35. The van der Waals surface area contributed by atoms with Crippen LogP contribution in [-0.2, 0) is 27.7 Å². The molecule has 1 N–H and O–H groups in total. The van der Waals surface area contributed by atoms with Gasteiger partial charge in [-0.2, -0.15) is 0 Å². The molecular weight excluding hydrogens is 368 g/mol. The second-order valence-corrected chi connectivity index (χ2v) is 10.0. The molecule has 2 atom stereocenters.